The molecule has 10 heteroatoms. The average molecular weight is 426 g/mol. The summed E-state index contributed by atoms with van der Waals surface area (Å²) in [4.78, 5) is 21.2. The zero-order valence-corrected chi connectivity index (χ0v) is 16.6. The van der Waals surface area contributed by atoms with E-state index in [1.54, 1.807) is 26.1 Å². The van der Waals surface area contributed by atoms with E-state index in [0.29, 0.717) is 28.0 Å². The number of halogens is 3. The van der Waals surface area contributed by atoms with E-state index in [1.807, 2.05) is 0 Å². The van der Waals surface area contributed by atoms with E-state index in [1.165, 1.54) is 35.4 Å². The second-order valence-corrected chi connectivity index (χ2v) is 6.93. The normalized spacial score (nSPS) is 12.3. The molecule has 0 fully saturated rings. The van der Waals surface area contributed by atoms with Gasteiger partial charge in [0.15, 0.2) is 0 Å². The molecule has 3 heterocycles. The van der Waals surface area contributed by atoms with Gasteiger partial charge in [-0.1, -0.05) is 18.2 Å². The fraction of sp³-hybridized carbons (Fsp3) is 0.190. The van der Waals surface area contributed by atoms with E-state index in [4.69, 9.17) is 0 Å². The Labute approximate surface area is 174 Å². The van der Waals surface area contributed by atoms with Crippen molar-refractivity contribution in [1.29, 1.82) is 0 Å². The number of nitrogens with one attached hydrogen (secondary N) is 1. The third-order valence-electron chi connectivity index (χ3n) is 5.01. The molecule has 0 aliphatic heterocycles. The molecule has 0 bridgehead atoms. The van der Waals surface area contributed by atoms with Crippen molar-refractivity contribution in [3.05, 3.63) is 76.4 Å². The number of nitrogens with zero attached hydrogens (tertiary/aromatic N) is 5. The lowest BCUT2D eigenvalue weighted by molar-refractivity contribution is 0.146. The number of rotatable bonds is 5. The smallest absolute Gasteiger partial charge is 0.266 e. The Morgan fingerprint density at radius 2 is 1.87 bits per heavy atom. The standard InChI is InChI=1S/C21H17F3N6O/c1-11(13-4-3-5-14(17(13)22)18(23)24)29-19-16-8-15(12-6-7-27-28-9-12)21(31)30(2)20(16)26-10-25-19/h3-11,18H,1-2H3,(H,25,26,29). The molecule has 0 spiro atoms. The third kappa shape index (κ3) is 3.72. The van der Waals surface area contributed by atoms with Crippen LogP contribution in [0.2, 0.25) is 0 Å². The number of aromatic nitrogens is 5. The van der Waals surface area contributed by atoms with Crippen molar-refractivity contribution in [3.63, 3.8) is 0 Å². The first kappa shape index (κ1) is 20.5. The van der Waals surface area contributed by atoms with Crippen LogP contribution in [0.3, 0.4) is 0 Å². The molecule has 31 heavy (non-hydrogen) atoms. The number of aryl methyl sites for hydroxylation is 1. The molecule has 0 aliphatic carbocycles. The van der Waals surface area contributed by atoms with Crippen molar-refractivity contribution in [2.45, 2.75) is 19.4 Å². The first-order valence-corrected chi connectivity index (χ1v) is 9.33. The first-order valence-electron chi connectivity index (χ1n) is 9.33. The number of anilines is 1. The van der Waals surface area contributed by atoms with Gasteiger partial charge in [-0.2, -0.15) is 10.2 Å². The lowest BCUT2D eigenvalue weighted by Gasteiger charge is -2.19. The monoisotopic (exact) mass is 426 g/mol. The van der Waals surface area contributed by atoms with Gasteiger partial charge in [0.1, 0.15) is 23.6 Å². The Kier molecular flexibility index (Phi) is 5.37. The van der Waals surface area contributed by atoms with Gasteiger partial charge in [0.25, 0.3) is 12.0 Å². The fourth-order valence-electron chi connectivity index (χ4n) is 3.40. The number of hydrogen-bond acceptors (Lipinski definition) is 6. The van der Waals surface area contributed by atoms with Crippen LogP contribution in [0.25, 0.3) is 22.2 Å². The van der Waals surface area contributed by atoms with Gasteiger partial charge in [-0.3, -0.25) is 9.36 Å². The molecule has 7 nitrogen and oxygen atoms in total. The quantitative estimate of drug-likeness (QED) is 0.519. The zero-order chi connectivity index (χ0) is 22.1. The molecule has 0 aliphatic rings. The van der Waals surface area contributed by atoms with Crippen LogP contribution in [-0.2, 0) is 7.05 Å². The van der Waals surface area contributed by atoms with Crippen LogP contribution >= 0.6 is 0 Å². The third-order valence-corrected chi connectivity index (χ3v) is 5.01. The number of hydrogen-bond donors (Lipinski definition) is 1. The Balaban J connectivity index is 1.81. The molecule has 4 aromatic rings. The van der Waals surface area contributed by atoms with Crippen molar-refractivity contribution in [1.82, 2.24) is 24.7 Å². The van der Waals surface area contributed by atoms with Gasteiger partial charge >= 0.3 is 0 Å². The molecule has 4 rings (SSSR count). The summed E-state index contributed by atoms with van der Waals surface area (Å²) in [6.45, 7) is 1.64. The number of alkyl halides is 2. The van der Waals surface area contributed by atoms with Crippen molar-refractivity contribution in [3.8, 4) is 11.1 Å². The predicted octanol–water partition coefficient (Wildman–Crippen LogP) is 4.04. The summed E-state index contributed by atoms with van der Waals surface area (Å²) in [5.41, 5.74) is 0.426. The summed E-state index contributed by atoms with van der Waals surface area (Å²) in [5.74, 6) is -0.634. The lowest BCUT2D eigenvalue weighted by Crippen LogP contribution is -2.21. The second-order valence-electron chi connectivity index (χ2n) is 6.93. The van der Waals surface area contributed by atoms with Crippen LogP contribution in [0.5, 0.6) is 0 Å². The molecule has 3 aromatic heterocycles. The molecule has 1 unspecified atom stereocenters. The molecule has 1 atom stereocenters. The molecule has 0 saturated heterocycles. The van der Waals surface area contributed by atoms with Crippen molar-refractivity contribution >= 4 is 16.9 Å². The first-order chi connectivity index (χ1) is 14.9. The summed E-state index contributed by atoms with van der Waals surface area (Å²) in [7, 11) is 1.58. The van der Waals surface area contributed by atoms with E-state index in [0.717, 1.165) is 6.07 Å². The van der Waals surface area contributed by atoms with Crippen LogP contribution in [0.15, 0.2) is 53.8 Å². The van der Waals surface area contributed by atoms with Crippen LogP contribution in [0.4, 0.5) is 19.0 Å². The van der Waals surface area contributed by atoms with Crippen LogP contribution in [0.1, 0.15) is 30.5 Å². The van der Waals surface area contributed by atoms with Crippen LogP contribution < -0.4 is 10.9 Å². The van der Waals surface area contributed by atoms with Gasteiger partial charge in [0, 0.05) is 23.7 Å². The molecule has 1 aromatic carbocycles. The van der Waals surface area contributed by atoms with Crippen molar-refractivity contribution < 1.29 is 13.2 Å². The number of pyridine rings is 1. The van der Waals surface area contributed by atoms with Gasteiger partial charge in [-0.15, -0.1) is 0 Å². The molecular formula is C21H17F3N6O. The Morgan fingerprint density at radius 1 is 1.10 bits per heavy atom. The van der Waals surface area contributed by atoms with Crippen LogP contribution in [0, 0.1) is 5.82 Å². The van der Waals surface area contributed by atoms with Crippen molar-refractivity contribution in [2.75, 3.05) is 5.32 Å². The average Bonchev–Trinajstić information content (AvgIpc) is 2.77. The SMILES string of the molecule is CC(Nc1ncnc2c1cc(-c1ccnnc1)c(=O)n2C)c1cccc(C(F)F)c1F. The highest BCUT2D eigenvalue weighted by molar-refractivity contribution is 5.90. The van der Waals surface area contributed by atoms with Gasteiger partial charge in [-0.05, 0) is 19.1 Å². The molecule has 0 radical (unpaired) electrons. The maximum absolute atomic E-state index is 14.6. The summed E-state index contributed by atoms with van der Waals surface area (Å²) >= 11 is 0. The number of benzene rings is 1. The molecule has 1 N–H and O–H groups in total. The second kappa shape index (κ2) is 8.13. The van der Waals surface area contributed by atoms with E-state index in [-0.39, 0.29) is 11.1 Å². The van der Waals surface area contributed by atoms with E-state index < -0.39 is 23.8 Å². The minimum absolute atomic E-state index is 0.0768. The van der Waals surface area contributed by atoms with Crippen LogP contribution in [-0.4, -0.2) is 24.7 Å². The Morgan fingerprint density at radius 3 is 2.58 bits per heavy atom. The van der Waals surface area contributed by atoms with Gasteiger partial charge < -0.3 is 5.32 Å². The summed E-state index contributed by atoms with van der Waals surface area (Å²) in [5, 5.41) is 11.1. The summed E-state index contributed by atoms with van der Waals surface area (Å²) < 4.78 is 42.1. The maximum Gasteiger partial charge on any atom is 0.266 e. The van der Waals surface area contributed by atoms with E-state index >= 15 is 0 Å². The Hall–Kier alpha value is -3.82. The molecule has 0 saturated carbocycles. The molecule has 0 amide bonds. The minimum atomic E-state index is -2.92. The molecule has 158 valence electrons. The predicted molar refractivity (Wildman–Crippen MR) is 109 cm³/mol. The van der Waals surface area contributed by atoms with E-state index in [2.05, 4.69) is 25.5 Å². The van der Waals surface area contributed by atoms with E-state index in [9.17, 15) is 18.0 Å². The fourth-order valence-corrected chi connectivity index (χ4v) is 3.40. The Bertz CT molecular complexity index is 1310. The minimum Gasteiger partial charge on any atom is -0.363 e. The number of fused-ring (bicyclic) bond motifs is 1. The van der Waals surface area contributed by atoms with Gasteiger partial charge in [-0.25, -0.2) is 23.1 Å². The van der Waals surface area contributed by atoms with Crippen molar-refractivity contribution in [2.24, 2.45) is 7.05 Å². The highest BCUT2D eigenvalue weighted by atomic mass is 19.3. The maximum atomic E-state index is 14.6. The van der Waals surface area contributed by atoms with Gasteiger partial charge in [0.05, 0.1) is 29.4 Å². The van der Waals surface area contributed by atoms with Gasteiger partial charge in [0.2, 0.25) is 0 Å². The topological polar surface area (TPSA) is 85.6 Å². The lowest BCUT2D eigenvalue weighted by atomic mass is 10.0. The zero-order valence-electron chi connectivity index (χ0n) is 16.6. The summed E-state index contributed by atoms with van der Waals surface area (Å²) in [6, 6.07) is 6.47. The highest BCUT2D eigenvalue weighted by Gasteiger charge is 2.21. The highest BCUT2D eigenvalue weighted by Crippen LogP contribution is 2.30. The summed E-state index contributed by atoms with van der Waals surface area (Å²) in [6.07, 6.45) is 1.29. The largest absolute Gasteiger partial charge is 0.363 e. The molecular weight excluding hydrogens is 409 g/mol.